The summed E-state index contributed by atoms with van der Waals surface area (Å²) in [4.78, 5) is 17.1. The van der Waals surface area contributed by atoms with E-state index in [9.17, 15) is 8.42 Å². The highest BCUT2D eigenvalue weighted by Crippen LogP contribution is 2.43. The second kappa shape index (κ2) is 8.45. The SMILES string of the molecule is CC(N)CNc1nccc(-c2[nH]c(C3CC3)nc2-c2cccc(NS(C)(=O)=O)c2Cl)n1. The van der Waals surface area contributed by atoms with Gasteiger partial charge in [0.05, 0.1) is 34.0 Å². The summed E-state index contributed by atoms with van der Waals surface area (Å²) in [6.45, 7) is 2.43. The van der Waals surface area contributed by atoms with Crippen LogP contribution in [0.15, 0.2) is 30.5 Å². The van der Waals surface area contributed by atoms with Crippen LogP contribution in [0.5, 0.6) is 0 Å². The van der Waals surface area contributed by atoms with Crippen molar-refractivity contribution in [2.45, 2.75) is 31.7 Å². The molecule has 1 saturated carbocycles. The maximum atomic E-state index is 11.7. The van der Waals surface area contributed by atoms with E-state index in [-0.39, 0.29) is 11.1 Å². The smallest absolute Gasteiger partial charge is 0.229 e. The molecule has 0 bridgehead atoms. The maximum Gasteiger partial charge on any atom is 0.229 e. The van der Waals surface area contributed by atoms with E-state index in [4.69, 9.17) is 22.3 Å². The minimum Gasteiger partial charge on any atom is -0.353 e. The Bertz CT molecular complexity index is 1210. The zero-order valence-electron chi connectivity index (χ0n) is 17.2. The van der Waals surface area contributed by atoms with E-state index in [0.717, 1.165) is 24.9 Å². The summed E-state index contributed by atoms with van der Waals surface area (Å²) in [5.41, 5.74) is 8.68. The molecule has 4 rings (SSSR count). The molecule has 31 heavy (non-hydrogen) atoms. The van der Waals surface area contributed by atoms with Gasteiger partial charge < -0.3 is 16.0 Å². The van der Waals surface area contributed by atoms with Gasteiger partial charge in [0.15, 0.2) is 0 Å². The fourth-order valence-electron chi connectivity index (χ4n) is 3.15. The molecule has 11 heteroatoms. The van der Waals surface area contributed by atoms with Crippen LogP contribution in [-0.4, -0.2) is 47.2 Å². The minimum absolute atomic E-state index is 0.0414. The summed E-state index contributed by atoms with van der Waals surface area (Å²) in [6.07, 6.45) is 4.89. The molecule has 0 radical (unpaired) electrons. The van der Waals surface area contributed by atoms with Crippen molar-refractivity contribution in [2.24, 2.45) is 5.73 Å². The zero-order valence-corrected chi connectivity index (χ0v) is 18.8. The van der Waals surface area contributed by atoms with Gasteiger partial charge in [-0.2, -0.15) is 0 Å². The molecule has 9 nitrogen and oxygen atoms in total. The van der Waals surface area contributed by atoms with Gasteiger partial charge in [0.2, 0.25) is 16.0 Å². The third kappa shape index (κ3) is 5.15. The number of nitrogens with zero attached hydrogens (tertiary/aromatic N) is 3. The van der Waals surface area contributed by atoms with Crippen molar-refractivity contribution in [2.75, 3.05) is 22.8 Å². The summed E-state index contributed by atoms with van der Waals surface area (Å²) < 4.78 is 25.9. The number of hydrogen-bond acceptors (Lipinski definition) is 7. The van der Waals surface area contributed by atoms with Crippen molar-refractivity contribution in [1.29, 1.82) is 0 Å². The van der Waals surface area contributed by atoms with Crippen LogP contribution < -0.4 is 15.8 Å². The van der Waals surface area contributed by atoms with Gasteiger partial charge in [0, 0.05) is 30.3 Å². The fraction of sp³-hybridized carbons (Fsp3) is 0.350. The number of aromatic amines is 1. The van der Waals surface area contributed by atoms with Gasteiger partial charge in [-0.25, -0.2) is 23.4 Å². The van der Waals surface area contributed by atoms with Crippen LogP contribution in [-0.2, 0) is 10.0 Å². The van der Waals surface area contributed by atoms with E-state index in [1.807, 2.05) is 13.0 Å². The van der Waals surface area contributed by atoms with Crippen molar-refractivity contribution in [3.05, 3.63) is 41.3 Å². The first kappa shape index (κ1) is 21.5. The molecule has 3 aromatic rings. The highest BCUT2D eigenvalue weighted by molar-refractivity contribution is 7.92. The number of aromatic nitrogens is 4. The lowest BCUT2D eigenvalue weighted by molar-refractivity contribution is 0.607. The van der Waals surface area contributed by atoms with Crippen molar-refractivity contribution in [1.82, 2.24) is 19.9 Å². The molecule has 1 aromatic carbocycles. The molecule has 0 saturated heterocycles. The average molecular weight is 462 g/mol. The number of H-pyrrole nitrogens is 1. The Morgan fingerprint density at radius 2 is 2.06 bits per heavy atom. The van der Waals surface area contributed by atoms with Crippen molar-refractivity contribution < 1.29 is 8.42 Å². The molecule has 1 atom stereocenters. The van der Waals surface area contributed by atoms with E-state index in [1.54, 1.807) is 24.4 Å². The largest absolute Gasteiger partial charge is 0.353 e. The third-order valence-electron chi connectivity index (χ3n) is 4.73. The third-order valence-corrected chi connectivity index (χ3v) is 5.73. The minimum atomic E-state index is -3.48. The maximum absolute atomic E-state index is 11.7. The van der Waals surface area contributed by atoms with Gasteiger partial charge >= 0.3 is 0 Å². The topological polar surface area (TPSA) is 139 Å². The summed E-state index contributed by atoms with van der Waals surface area (Å²) in [5.74, 6) is 1.70. The molecule has 2 aromatic heterocycles. The predicted octanol–water partition coefficient (Wildman–Crippen LogP) is 3.20. The summed E-state index contributed by atoms with van der Waals surface area (Å²) in [7, 11) is -3.48. The molecule has 164 valence electrons. The van der Waals surface area contributed by atoms with Crippen LogP contribution in [0, 0.1) is 0 Å². The van der Waals surface area contributed by atoms with Gasteiger partial charge in [-0.1, -0.05) is 23.7 Å². The normalized spacial score (nSPS) is 15.0. The van der Waals surface area contributed by atoms with Gasteiger partial charge in [0.25, 0.3) is 0 Å². The Morgan fingerprint density at radius 1 is 1.29 bits per heavy atom. The second-order valence-electron chi connectivity index (χ2n) is 7.78. The van der Waals surface area contributed by atoms with Crippen LogP contribution in [0.25, 0.3) is 22.6 Å². The highest BCUT2D eigenvalue weighted by Gasteiger charge is 2.29. The molecule has 1 unspecified atom stereocenters. The lowest BCUT2D eigenvalue weighted by Gasteiger charge is -2.11. The summed E-state index contributed by atoms with van der Waals surface area (Å²) >= 11 is 6.59. The number of sulfonamides is 1. The number of nitrogens with one attached hydrogen (secondary N) is 3. The lowest BCUT2D eigenvalue weighted by atomic mass is 10.1. The van der Waals surface area contributed by atoms with Crippen LogP contribution in [0.3, 0.4) is 0 Å². The van der Waals surface area contributed by atoms with Crippen LogP contribution in [0.2, 0.25) is 5.02 Å². The monoisotopic (exact) mass is 461 g/mol. The van der Waals surface area contributed by atoms with Crippen LogP contribution in [0.4, 0.5) is 11.6 Å². The van der Waals surface area contributed by atoms with Crippen molar-refractivity contribution in [3.63, 3.8) is 0 Å². The first-order valence-corrected chi connectivity index (χ1v) is 12.2. The summed E-state index contributed by atoms with van der Waals surface area (Å²) in [5, 5.41) is 3.39. The second-order valence-corrected chi connectivity index (χ2v) is 9.91. The number of halogens is 1. The lowest BCUT2D eigenvalue weighted by Crippen LogP contribution is -2.25. The fourth-order valence-corrected chi connectivity index (χ4v) is 4.04. The Morgan fingerprint density at radius 3 is 2.74 bits per heavy atom. The molecular weight excluding hydrogens is 438 g/mol. The Hall–Kier alpha value is -2.69. The number of anilines is 2. The van der Waals surface area contributed by atoms with E-state index in [2.05, 4.69) is 25.0 Å². The van der Waals surface area contributed by atoms with Crippen LogP contribution >= 0.6 is 11.6 Å². The predicted molar refractivity (Wildman–Crippen MR) is 123 cm³/mol. The van der Waals surface area contributed by atoms with Crippen LogP contribution in [0.1, 0.15) is 31.5 Å². The molecular formula is C20H24ClN7O2S. The van der Waals surface area contributed by atoms with E-state index in [1.165, 1.54) is 0 Å². The summed E-state index contributed by atoms with van der Waals surface area (Å²) in [6, 6.07) is 6.90. The standard InChI is InChI=1S/C20H24ClN7O2S/c1-11(22)10-24-20-23-9-8-15(25-20)18-17(26-19(27-18)12-6-7-12)13-4-3-5-14(16(13)21)28-31(2,29)30/h3-5,8-9,11-12,28H,6-7,10,22H2,1-2H3,(H,26,27)(H,23,24,25). The molecule has 5 N–H and O–H groups in total. The van der Waals surface area contributed by atoms with Crippen molar-refractivity contribution >= 4 is 33.3 Å². The Balaban J connectivity index is 1.79. The van der Waals surface area contributed by atoms with E-state index in [0.29, 0.717) is 46.7 Å². The molecule has 0 amide bonds. The number of nitrogens with two attached hydrogens (primary N) is 1. The number of hydrogen-bond donors (Lipinski definition) is 4. The number of rotatable bonds is 8. The molecule has 0 spiro atoms. The quantitative estimate of drug-likeness (QED) is 0.404. The number of benzene rings is 1. The van der Waals surface area contributed by atoms with E-state index >= 15 is 0 Å². The molecule has 1 fully saturated rings. The first-order valence-electron chi connectivity index (χ1n) is 9.90. The Kier molecular flexibility index (Phi) is 5.87. The van der Waals surface area contributed by atoms with Gasteiger partial charge in [-0.3, -0.25) is 4.72 Å². The van der Waals surface area contributed by atoms with E-state index < -0.39 is 10.0 Å². The first-order chi connectivity index (χ1) is 14.7. The number of imidazole rings is 1. The van der Waals surface area contributed by atoms with Gasteiger partial charge in [0.1, 0.15) is 5.82 Å². The van der Waals surface area contributed by atoms with Crippen molar-refractivity contribution in [3.8, 4) is 22.6 Å². The van der Waals surface area contributed by atoms with Gasteiger partial charge in [-0.15, -0.1) is 0 Å². The Labute approximate surface area is 185 Å². The molecule has 1 aliphatic rings. The molecule has 2 heterocycles. The average Bonchev–Trinajstić information content (AvgIpc) is 3.46. The molecule has 1 aliphatic carbocycles. The molecule has 0 aliphatic heterocycles. The highest BCUT2D eigenvalue weighted by atomic mass is 35.5. The van der Waals surface area contributed by atoms with Gasteiger partial charge in [-0.05, 0) is 31.9 Å². The zero-order chi connectivity index (χ0) is 22.2.